The third-order valence-electron chi connectivity index (χ3n) is 5.42. The van der Waals surface area contributed by atoms with Gasteiger partial charge in [-0.25, -0.2) is 4.98 Å². The fourth-order valence-corrected chi connectivity index (χ4v) is 4.60. The Morgan fingerprint density at radius 1 is 1.31 bits per heavy atom. The van der Waals surface area contributed by atoms with Crippen molar-refractivity contribution in [2.45, 2.75) is 19.3 Å². The number of halogens is 2. The molecule has 1 atom stereocenters. The number of ether oxygens (including phenoxy) is 1. The van der Waals surface area contributed by atoms with E-state index in [1.807, 2.05) is 6.07 Å². The van der Waals surface area contributed by atoms with Gasteiger partial charge in [0.15, 0.2) is 0 Å². The fraction of sp³-hybridized carbons (Fsp3) is 0.261. The number of para-hydroxylation sites is 1. The quantitative estimate of drug-likeness (QED) is 0.413. The number of aryl methyl sites for hydroxylation is 1. The van der Waals surface area contributed by atoms with Crippen molar-refractivity contribution in [1.82, 2.24) is 15.3 Å². The Hall–Kier alpha value is -2.68. The van der Waals surface area contributed by atoms with Crippen LogP contribution in [0.3, 0.4) is 0 Å². The monoisotopic (exact) mass is 515 g/mol. The molecular weight excluding hydrogens is 494 g/mol. The summed E-state index contributed by atoms with van der Waals surface area (Å²) in [5, 5.41) is 9.79. The Morgan fingerprint density at radius 2 is 2.16 bits per heavy atom. The summed E-state index contributed by atoms with van der Waals surface area (Å²) in [6.07, 6.45) is 2.59. The van der Waals surface area contributed by atoms with Crippen LogP contribution in [0.15, 0.2) is 47.1 Å². The normalized spacial score (nSPS) is 15.4. The van der Waals surface area contributed by atoms with Crippen molar-refractivity contribution in [2.75, 3.05) is 30.8 Å². The summed E-state index contributed by atoms with van der Waals surface area (Å²) in [4.78, 5) is 21.5. The molecule has 1 aromatic heterocycles. The number of anilines is 3. The van der Waals surface area contributed by atoms with E-state index in [0.29, 0.717) is 27.0 Å². The van der Waals surface area contributed by atoms with Gasteiger partial charge in [-0.1, -0.05) is 23.7 Å². The van der Waals surface area contributed by atoms with Gasteiger partial charge in [-0.2, -0.15) is 4.98 Å². The molecule has 0 saturated carbocycles. The molecule has 3 N–H and O–H groups in total. The van der Waals surface area contributed by atoms with Gasteiger partial charge in [-0.05, 0) is 77.1 Å². The SMILES string of the molecule is COc1nc(Nc2ccc(C3CCNC3)c(C)c2)ncc1C(=O)Nc1c(Cl)cccc1Br. The van der Waals surface area contributed by atoms with Crippen molar-refractivity contribution < 1.29 is 9.53 Å². The molecule has 1 saturated heterocycles. The van der Waals surface area contributed by atoms with Gasteiger partial charge in [0.2, 0.25) is 11.8 Å². The maximum atomic E-state index is 12.8. The highest BCUT2D eigenvalue weighted by atomic mass is 79.9. The molecule has 32 heavy (non-hydrogen) atoms. The number of rotatable bonds is 6. The zero-order chi connectivity index (χ0) is 22.7. The number of hydrogen-bond donors (Lipinski definition) is 3. The number of benzene rings is 2. The Morgan fingerprint density at radius 3 is 2.84 bits per heavy atom. The van der Waals surface area contributed by atoms with Crippen LogP contribution in [-0.4, -0.2) is 36.1 Å². The van der Waals surface area contributed by atoms with Crippen molar-refractivity contribution in [3.05, 3.63) is 68.8 Å². The van der Waals surface area contributed by atoms with E-state index < -0.39 is 5.91 Å². The average molecular weight is 517 g/mol. The Bertz CT molecular complexity index is 1130. The number of carbonyl (C=O) groups is 1. The summed E-state index contributed by atoms with van der Waals surface area (Å²) in [6.45, 7) is 4.19. The Labute approximate surface area is 200 Å². The number of amides is 1. The molecule has 166 valence electrons. The van der Waals surface area contributed by atoms with Crippen molar-refractivity contribution in [2.24, 2.45) is 0 Å². The molecule has 1 unspecified atom stereocenters. The summed E-state index contributed by atoms with van der Waals surface area (Å²) >= 11 is 9.58. The average Bonchev–Trinajstić information content (AvgIpc) is 3.31. The van der Waals surface area contributed by atoms with E-state index in [1.54, 1.807) is 18.2 Å². The lowest BCUT2D eigenvalue weighted by atomic mass is 9.94. The fourth-order valence-electron chi connectivity index (χ4n) is 3.80. The second-order valence-corrected chi connectivity index (χ2v) is 8.81. The molecule has 1 aliphatic rings. The molecule has 0 bridgehead atoms. The number of nitrogens with zero attached hydrogens (tertiary/aromatic N) is 2. The molecule has 0 spiro atoms. The zero-order valence-corrected chi connectivity index (χ0v) is 20.0. The number of nitrogens with one attached hydrogen (secondary N) is 3. The lowest BCUT2D eigenvalue weighted by Crippen LogP contribution is -2.15. The number of hydrogen-bond acceptors (Lipinski definition) is 6. The minimum absolute atomic E-state index is 0.161. The second-order valence-electron chi connectivity index (χ2n) is 7.55. The third-order valence-corrected chi connectivity index (χ3v) is 6.39. The van der Waals surface area contributed by atoms with Gasteiger partial charge in [0, 0.05) is 22.9 Å². The summed E-state index contributed by atoms with van der Waals surface area (Å²) in [6, 6.07) is 11.5. The maximum absolute atomic E-state index is 12.8. The highest BCUT2D eigenvalue weighted by Gasteiger charge is 2.20. The molecule has 3 aromatic rings. The molecule has 2 heterocycles. The van der Waals surface area contributed by atoms with Crippen molar-refractivity contribution in [3.8, 4) is 5.88 Å². The van der Waals surface area contributed by atoms with E-state index in [-0.39, 0.29) is 11.4 Å². The predicted molar refractivity (Wildman–Crippen MR) is 130 cm³/mol. The highest BCUT2D eigenvalue weighted by Crippen LogP contribution is 2.32. The van der Waals surface area contributed by atoms with Crippen LogP contribution >= 0.6 is 27.5 Å². The summed E-state index contributed by atoms with van der Waals surface area (Å²) in [5.41, 5.74) is 4.12. The molecule has 1 fully saturated rings. The van der Waals surface area contributed by atoms with Crippen molar-refractivity contribution >= 4 is 50.8 Å². The number of aromatic nitrogens is 2. The third kappa shape index (κ3) is 4.87. The smallest absolute Gasteiger partial charge is 0.262 e. The highest BCUT2D eigenvalue weighted by molar-refractivity contribution is 9.10. The van der Waals surface area contributed by atoms with Crippen LogP contribution in [0.4, 0.5) is 17.3 Å². The standard InChI is InChI=1S/C23H23BrClN5O2/c1-13-10-15(6-7-16(13)14-8-9-26-11-14)28-23-27-12-17(22(30-23)32-2)21(31)29-20-18(24)4-3-5-19(20)25/h3-7,10,12,14,26H,8-9,11H2,1-2H3,(H,29,31)(H,27,28,30). The lowest BCUT2D eigenvalue weighted by molar-refractivity contribution is 0.102. The first-order valence-corrected chi connectivity index (χ1v) is 11.4. The first kappa shape index (κ1) is 22.5. The van der Waals surface area contributed by atoms with Gasteiger partial charge < -0.3 is 20.7 Å². The molecule has 0 radical (unpaired) electrons. The topological polar surface area (TPSA) is 88.2 Å². The molecule has 7 nitrogen and oxygen atoms in total. The van der Waals surface area contributed by atoms with E-state index in [1.165, 1.54) is 24.4 Å². The van der Waals surface area contributed by atoms with Gasteiger partial charge in [0.1, 0.15) is 5.56 Å². The van der Waals surface area contributed by atoms with Gasteiger partial charge in [-0.15, -0.1) is 0 Å². The maximum Gasteiger partial charge on any atom is 0.262 e. The zero-order valence-electron chi connectivity index (χ0n) is 17.7. The van der Waals surface area contributed by atoms with Crippen LogP contribution in [0.25, 0.3) is 0 Å². The van der Waals surface area contributed by atoms with E-state index in [0.717, 1.165) is 25.2 Å². The van der Waals surface area contributed by atoms with Crippen LogP contribution < -0.4 is 20.7 Å². The first-order valence-electron chi connectivity index (χ1n) is 10.2. The van der Waals surface area contributed by atoms with E-state index in [2.05, 4.69) is 60.9 Å². The van der Waals surface area contributed by atoms with Crippen molar-refractivity contribution in [1.29, 1.82) is 0 Å². The van der Waals surface area contributed by atoms with Crippen LogP contribution in [0.1, 0.15) is 33.8 Å². The molecule has 1 aliphatic heterocycles. The number of carbonyl (C=O) groups excluding carboxylic acids is 1. The molecule has 4 rings (SSSR count). The lowest BCUT2D eigenvalue weighted by Gasteiger charge is -2.15. The molecule has 2 aromatic carbocycles. The van der Waals surface area contributed by atoms with Gasteiger partial charge in [0.05, 0.1) is 17.8 Å². The predicted octanol–water partition coefficient (Wildman–Crippen LogP) is 5.28. The first-order chi connectivity index (χ1) is 15.5. The van der Waals surface area contributed by atoms with E-state index in [4.69, 9.17) is 16.3 Å². The molecule has 0 aliphatic carbocycles. The minimum atomic E-state index is -0.424. The summed E-state index contributed by atoms with van der Waals surface area (Å²) in [7, 11) is 1.46. The van der Waals surface area contributed by atoms with Gasteiger partial charge in [0.25, 0.3) is 5.91 Å². The van der Waals surface area contributed by atoms with E-state index in [9.17, 15) is 4.79 Å². The molecule has 9 heteroatoms. The minimum Gasteiger partial charge on any atom is -0.480 e. The Kier molecular flexibility index (Phi) is 6.93. The number of methoxy groups -OCH3 is 1. The van der Waals surface area contributed by atoms with Crippen LogP contribution in [0.5, 0.6) is 5.88 Å². The van der Waals surface area contributed by atoms with Crippen LogP contribution in [0, 0.1) is 6.92 Å². The van der Waals surface area contributed by atoms with E-state index >= 15 is 0 Å². The second kappa shape index (κ2) is 9.85. The van der Waals surface area contributed by atoms with Crippen LogP contribution in [-0.2, 0) is 0 Å². The molecular formula is C23H23BrClN5O2. The summed E-state index contributed by atoms with van der Waals surface area (Å²) in [5.74, 6) is 0.629. The van der Waals surface area contributed by atoms with Crippen LogP contribution in [0.2, 0.25) is 5.02 Å². The van der Waals surface area contributed by atoms with Crippen molar-refractivity contribution in [3.63, 3.8) is 0 Å². The van der Waals surface area contributed by atoms with Gasteiger partial charge >= 0.3 is 0 Å². The largest absolute Gasteiger partial charge is 0.480 e. The molecule has 1 amide bonds. The van der Waals surface area contributed by atoms with Gasteiger partial charge in [-0.3, -0.25) is 4.79 Å². The summed E-state index contributed by atoms with van der Waals surface area (Å²) < 4.78 is 6.02. The Balaban J connectivity index is 1.52.